The van der Waals surface area contributed by atoms with Crippen molar-refractivity contribution >= 4 is 11.9 Å². The van der Waals surface area contributed by atoms with E-state index in [-0.39, 0.29) is 5.91 Å². The van der Waals surface area contributed by atoms with Crippen molar-refractivity contribution in [3.63, 3.8) is 0 Å². The molecule has 1 aliphatic carbocycles. The molecule has 2 aliphatic rings. The molecule has 2 rings (SSSR count). The molecule has 0 aromatic rings. The summed E-state index contributed by atoms with van der Waals surface area (Å²) >= 11 is 0. The average molecular weight is 267 g/mol. The maximum atomic E-state index is 12.5. The van der Waals surface area contributed by atoms with Gasteiger partial charge in [0.25, 0.3) is 0 Å². The quantitative estimate of drug-likeness (QED) is 0.766. The Bertz CT molecular complexity index is 410. The number of carbonyl (C=O) groups excluding carboxylic acids is 1. The number of hydrogen-bond acceptors (Lipinski definition) is 3. The molecule has 2 atom stereocenters. The van der Waals surface area contributed by atoms with Crippen molar-refractivity contribution in [3.05, 3.63) is 11.1 Å². The lowest BCUT2D eigenvalue weighted by Gasteiger charge is -2.35. The predicted octanol–water partition coefficient (Wildman–Crippen LogP) is 1.29. The molecule has 0 aromatic heterocycles. The molecule has 5 heteroatoms. The van der Waals surface area contributed by atoms with Crippen LogP contribution in [0.1, 0.15) is 26.7 Å². The Labute approximate surface area is 113 Å². The molecule has 1 heterocycles. The van der Waals surface area contributed by atoms with E-state index in [1.54, 1.807) is 4.90 Å². The van der Waals surface area contributed by atoms with Gasteiger partial charge in [-0.05, 0) is 26.7 Å². The van der Waals surface area contributed by atoms with E-state index in [9.17, 15) is 14.7 Å². The Hall–Kier alpha value is -1.36. The molecular formula is C14H21NO4. The normalized spacial score (nSPS) is 28.4. The highest BCUT2D eigenvalue weighted by molar-refractivity contribution is 5.85. The molecule has 0 bridgehead atoms. The highest BCUT2D eigenvalue weighted by Crippen LogP contribution is 2.35. The Morgan fingerprint density at radius 3 is 2.16 bits per heavy atom. The molecule has 0 saturated carbocycles. The third kappa shape index (κ3) is 2.97. The first kappa shape index (κ1) is 14.1. The van der Waals surface area contributed by atoms with E-state index in [0.717, 1.165) is 11.1 Å². The fourth-order valence-corrected chi connectivity index (χ4v) is 2.83. The van der Waals surface area contributed by atoms with Crippen molar-refractivity contribution in [1.29, 1.82) is 0 Å². The number of morpholine rings is 1. The molecule has 0 unspecified atom stereocenters. The van der Waals surface area contributed by atoms with Crippen LogP contribution in [0.25, 0.3) is 0 Å². The number of allylic oxidation sites excluding steroid dienone is 2. The number of amides is 1. The fraction of sp³-hybridized carbons (Fsp3) is 0.714. The van der Waals surface area contributed by atoms with Gasteiger partial charge in [-0.2, -0.15) is 0 Å². The number of carbonyl (C=O) groups is 2. The summed E-state index contributed by atoms with van der Waals surface area (Å²) < 4.78 is 5.23. The standard InChI is InChI=1S/C14H21NO4/c1-9-7-11(12(14(17)18)8-10(9)2)13(16)15-3-5-19-6-4-15/h11-12H,3-8H2,1-2H3,(H,17,18)/t11-,12-/m1/s1. The molecule has 0 aromatic carbocycles. The number of rotatable bonds is 2. The second-order valence-electron chi connectivity index (χ2n) is 5.46. The van der Waals surface area contributed by atoms with E-state index in [1.807, 2.05) is 13.8 Å². The Morgan fingerprint density at radius 2 is 1.63 bits per heavy atom. The number of carboxylic acid groups (broad SMARTS) is 1. The van der Waals surface area contributed by atoms with Crippen LogP contribution in [-0.4, -0.2) is 48.2 Å². The summed E-state index contributed by atoms with van der Waals surface area (Å²) in [5, 5.41) is 9.34. The largest absolute Gasteiger partial charge is 0.481 e. The Kier molecular flexibility index (Phi) is 4.24. The van der Waals surface area contributed by atoms with Crippen molar-refractivity contribution in [2.75, 3.05) is 26.3 Å². The lowest BCUT2D eigenvalue weighted by Crippen LogP contribution is -2.47. The van der Waals surface area contributed by atoms with Crippen molar-refractivity contribution in [1.82, 2.24) is 4.90 Å². The van der Waals surface area contributed by atoms with Crippen molar-refractivity contribution < 1.29 is 19.4 Å². The van der Waals surface area contributed by atoms with Gasteiger partial charge in [0.2, 0.25) is 5.91 Å². The van der Waals surface area contributed by atoms with Gasteiger partial charge in [0, 0.05) is 13.1 Å². The summed E-state index contributed by atoms with van der Waals surface area (Å²) in [6.45, 7) is 6.19. The van der Waals surface area contributed by atoms with Gasteiger partial charge in [0.05, 0.1) is 25.0 Å². The van der Waals surface area contributed by atoms with Crippen LogP contribution in [0, 0.1) is 11.8 Å². The summed E-state index contributed by atoms with van der Waals surface area (Å²) in [6, 6.07) is 0. The first-order chi connectivity index (χ1) is 9.00. The highest BCUT2D eigenvalue weighted by atomic mass is 16.5. The summed E-state index contributed by atoms with van der Waals surface area (Å²) in [5.41, 5.74) is 2.27. The minimum Gasteiger partial charge on any atom is -0.481 e. The lowest BCUT2D eigenvalue weighted by atomic mass is 9.76. The Balaban J connectivity index is 2.15. The van der Waals surface area contributed by atoms with Crippen molar-refractivity contribution in [2.45, 2.75) is 26.7 Å². The van der Waals surface area contributed by atoms with E-state index >= 15 is 0 Å². The minimum atomic E-state index is -0.863. The van der Waals surface area contributed by atoms with Crippen LogP contribution in [0.4, 0.5) is 0 Å². The van der Waals surface area contributed by atoms with Crippen molar-refractivity contribution in [3.8, 4) is 0 Å². The molecule has 1 aliphatic heterocycles. The van der Waals surface area contributed by atoms with Gasteiger partial charge < -0.3 is 14.7 Å². The van der Waals surface area contributed by atoms with Gasteiger partial charge >= 0.3 is 5.97 Å². The molecule has 1 saturated heterocycles. The van der Waals surface area contributed by atoms with Gasteiger partial charge in [-0.25, -0.2) is 0 Å². The zero-order chi connectivity index (χ0) is 14.0. The fourth-order valence-electron chi connectivity index (χ4n) is 2.83. The maximum absolute atomic E-state index is 12.5. The van der Waals surface area contributed by atoms with Crippen LogP contribution in [0.15, 0.2) is 11.1 Å². The average Bonchev–Trinajstić information content (AvgIpc) is 2.41. The smallest absolute Gasteiger partial charge is 0.307 e. The summed E-state index contributed by atoms with van der Waals surface area (Å²) in [7, 11) is 0. The molecule has 1 N–H and O–H groups in total. The van der Waals surface area contributed by atoms with E-state index < -0.39 is 17.8 Å². The number of hydrogen-bond donors (Lipinski definition) is 1. The lowest BCUT2D eigenvalue weighted by molar-refractivity contribution is -0.152. The van der Waals surface area contributed by atoms with Crippen LogP contribution >= 0.6 is 0 Å². The van der Waals surface area contributed by atoms with Gasteiger partial charge in [-0.15, -0.1) is 0 Å². The third-order valence-corrected chi connectivity index (χ3v) is 4.22. The van der Waals surface area contributed by atoms with Crippen LogP contribution < -0.4 is 0 Å². The number of ether oxygens (including phenoxy) is 1. The second-order valence-corrected chi connectivity index (χ2v) is 5.46. The molecule has 0 radical (unpaired) electrons. The molecule has 5 nitrogen and oxygen atoms in total. The van der Waals surface area contributed by atoms with Crippen LogP contribution in [0.5, 0.6) is 0 Å². The highest BCUT2D eigenvalue weighted by Gasteiger charge is 2.39. The predicted molar refractivity (Wildman–Crippen MR) is 69.6 cm³/mol. The summed E-state index contributed by atoms with van der Waals surface area (Å²) in [6.07, 6.45) is 1.06. The van der Waals surface area contributed by atoms with Crippen LogP contribution in [0.2, 0.25) is 0 Å². The number of carboxylic acids is 1. The monoisotopic (exact) mass is 267 g/mol. The molecule has 19 heavy (non-hydrogen) atoms. The topological polar surface area (TPSA) is 66.8 Å². The molecule has 1 amide bonds. The van der Waals surface area contributed by atoms with E-state index in [4.69, 9.17) is 4.74 Å². The van der Waals surface area contributed by atoms with Crippen molar-refractivity contribution in [2.24, 2.45) is 11.8 Å². The molecule has 106 valence electrons. The zero-order valence-corrected chi connectivity index (χ0v) is 11.5. The number of aliphatic carboxylic acids is 1. The van der Waals surface area contributed by atoms with E-state index in [2.05, 4.69) is 0 Å². The SMILES string of the molecule is CC1=C(C)C[C@@H](C(=O)N2CCOCC2)[C@H](C(=O)O)C1. The summed E-state index contributed by atoms with van der Waals surface area (Å²) in [5.74, 6) is -1.89. The van der Waals surface area contributed by atoms with E-state index in [0.29, 0.717) is 39.1 Å². The van der Waals surface area contributed by atoms with Gasteiger partial charge in [0.15, 0.2) is 0 Å². The maximum Gasteiger partial charge on any atom is 0.307 e. The zero-order valence-electron chi connectivity index (χ0n) is 11.5. The third-order valence-electron chi connectivity index (χ3n) is 4.22. The first-order valence-electron chi connectivity index (χ1n) is 6.75. The van der Waals surface area contributed by atoms with E-state index in [1.165, 1.54) is 0 Å². The molecule has 0 spiro atoms. The minimum absolute atomic E-state index is 0.0254. The first-order valence-corrected chi connectivity index (χ1v) is 6.75. The second kappa shape index (κ2) is 5.74. The van der Waals surface area contributed by atoms with Crippen LogP contribution in [-0.2, 0) is 14.3 Å². The van der Waals surface area contributed by atoms with Gasteiger partial charge in [-0.3, -0.25) is 9.59 Å². The molecular weight excluding hydrogens is 246 g/mol. The van der Waals surface area contributed by atoms with Gasteiger partial charge in [0.1, 0.15) is 0 Å². The molecule has 1 fully saturated rings. The summed E-state index contributed by atoms with van der Waals surface area (Å²) in [4.78, 5) is 25.6. The van der Waals surface area contributed by atoms with Gasteiger partial charge in [-0.1, -0.05) is 11.1 Å². The number of nitrogens with zero attached hydrogens (tertiary/aromatic N) is 1. The van der Waals surface area contributed by atoms with Crippen LogP contribution in [0.3, 0.4) is 0 Å². The Morgan fingerprint density at radius 1 is 1.11 bits per heavy atom.